The molecule has 3 amide bonds. The molecule has 0 bridgehead atoms. The van der Waals surface area contributed by atoms with Gasteiger partial charge in [-0.3, -0.25) is 14.4 Å². The summed E-state index contributed by atoms with van der Waals surface area (Å²) in [5.41, 5.74) is -0.376. The second-order valence-electron chi connectivity index (χ2n) is 8.11. The third kappa shape index (κ3) is 4.15. The van der Waals surface area contributed by atoms with Gasteiger partial charge < -0.3 is 15.1 Å². The minimum atomic E-state index is -0.376. The minimum Gasteiger partial charge on any atom is -0.347 e. The Hall–Kier alpha value is -1.59. The molecule has 0 aromatic carbocycles. The van der Waals surface area contributed by atoms with Gasteiger partial charge in [-0.15, -0.1) is 0 Å². The third-order valence-corrected chi connectivity index (χ3v) is 6.22. The van der Waals surface area contributed by atoms with Gasteiger partial charge in [0.2, 0.25) is 17.7 Å². The average molecular weight is 349 g/mol. The van der Waals surface area contributed by atoms with Gasteiger partial charge in [0, 0.05) is 33.1 Å². The van der Waals surface area contributed by atoms with Gasteiger partial charge in [-0.1, -0.05) is 19.3 Å². The Kier molecular flexibility index (Phi) is 5.64. The van der Waals surface area contributed by atoms with Crippen molar-refractivity contribution in [2.75, 3.05) is 32.7 Å². The molecular formula is C19H31N3O3. The predicted octanol–water partition coefficient (Wildman–Crippen LogP) is 1.54. The summed E-state index contributed by atoms with van der Waals surface area (Å²) in [6.07, 6.45) is 9.10. The van der Waals surface area contributed by atoms with Crippen LogP contribution in [-0.4, -0.2) is 60.2 Å². The van der Waals surface area contributed by atoms with Gasteiger partial charge in [-0.05, 0) is 38.0 Å². The number of amides is 3. The molecule has 1 aliphatic carbocycles. The van der Waals surface area contributed by atoms with E-state index >= 15 is 0 Å². The van der Waals surface area contributed by atoms with Crippen LogP contribution >= 0.6 is 0 Å². The Balaban J connectivity index is 1.58. The van der Waals surface area contributed by atoms with Gasteiger partial charge in [-0.25, -0.2) is 0 Å². The van der Waals surface area contributed by atoms with E-state index in [0.29, 0.717) is 19.0 Å². The first-order chi connectivity index (χ1) is 12.0. The number of hydrogen-bond acceptors (Lipinski definition) is 3. The van der Waals surface area contributed by atoms with E-state index in [0.717, 1.165) is 32.4 Å². The summed E-state index contributed by atoms with van der Waals surface area (Å²) in [5, 5.41) is 2.56. The van der Waals surface area contributed by atoms with Crippen LogP contribution in [0.5, 0.6) is 0 Å². The molecule has 0 radical (unpaired) electrons. The summed E-state index contributed by atoms with van der Waals surface area (Å²) in [6.45, 7) is 4.36. The van der Waals surface area contributed by atoms with Crippen LogP contribution in [0.25, 0.3) is 0 Å². The van der Waals surface area contributed by atoms with Gasteiger partial charge in [0.1, 0.15) is 0 Å². The van der Waals surface area contributed by atoms with Crippen molar-refractivity contribution in [1.29, 1.82) is 0 Å². The van der Waals surface area contributed by atoms with Crippen LogP contribution in [0.15, 0.2) is 0 Å². The summed E-state index contributed by atoms with van der Waals surface area (Å²) in [6, 6.07) is 0. The number of hydrogen-bond donors (Lipinski definition) is 1. The van der Waals surface area contributed by atoms with Crippen molar-refractivity contribution in [2.45, 2.75) is 58.3 Å². The summed E-state index contributed by atoms with van der Waals surface area (Å²) in [5.74, 6) is 0.643. The van der Waals surface area contributed by atoms with Crippen molar-refractivity contribution < 1.29 is 14.4 Å². The van der Waals surface area contributed by atoms with Gasteiger partial charge in [0.15, 0.2) is 0 Å². The zero-order valence-corrected chi connectivity index (χ0v) is 15.4. The largest absolute Gasteiger partial charge is 0.347 e. The van der Waals surface area contributed by atoms with Gasteiger partial charge >= 0.3 is 0 Å². The molecule has 0 aromatic rings. The van der Waals surface area contributed by atoms with Crippen molar-refractivity contribution in [2.24, 2.45) is 11.3 Å². The highest BCUT2D eigenvalue weighted by Gasteiger charge is 2.49. The lowest BCUT2D eigenvalue weighted by molar-refractivity contribution is -0.147. The Morgan fingerprint density at radius 3 is 2.60 bits per heavy atom. The van der Waals surface area contributed by atoms with Crippen molar-refractivity contribution >= 4 is 17.7 Å². The molecule has 3 aliphatic rings. The first-order valence-corrected chi connectivity index (χ1v) is 9.82. The summed E-state index contributed by atoms with van der Waals surface area (Å²) in [4.78, 5) is 40.3. The zero-order valence-electron chi connectivity index (χ0n) is 15.4. The summed E-state index contributed by atoms with van der Waals surface area (Å²) < 4.78 is 0. The van der Waals surface area contributed by atoms with Crippen molar-refractivity contribution in [1.82, 2.24) is 15.1 Å². The number of carbonyl (C=O) groups is 3. The quantitative estimate of drug-likeness (QED) is 0.837. The highest BCUT2D eigenvalue weighted by atomic mass is 16.2. The fourth-order valence-electron chi connectivity index (χ4n) is 4.78. The molecule has 2 heterocycles. The second-order valence-corrected chi connectivity index (χ2v) is 8.11. The SMILES string of the molecule is CC(=O)NCC(=O)N1CCC2(CCCN(CC3CCCCC3)C2=O)C1. The Labute approximate surface area is 150 Å². The molecule has 25 heavy (non-hydrogen) atoms. The van der Waals surface area contributed by atoms with Crippen LogP contribution in [0, 0.1) is 11.3 Å². The van der Waals surface area contributed by atoms with E-state index in [2.05, 4.69) is 10.2 Å². The molecule has 3 rings (SSSR count). The lowest BCUT2D eigenvalue weighted by atomic mass is 9.77. The van der Waals surface area contributed by atoms with Crippen LogP contribution < -0.4 is 5.32 Å². The van der Waals surface area contributed by atoms with Gasteiger partial charge in [0.25, 0.3) is 0 Å². The Bertz CT molecular complexity index is 530. The van der Waals surface area contributed by atoms with Crippen molar-refractivity contribution in [3.8, 4) is 0 Å². The molecule has 1 spiro atoms. The molecule has 1 unspecified atom stereocenters. The monoisotopic (exact) mass is 349 g/mol. The molecule has 3 fully saturated rings. The van der Waals surface area contributed by atoms with Crippen LogP contribution in [-0.2, 0) is 14.4 Å². The molecule has 140 valence electrons. The van der Waals surface area contributed by atoms with Gasteiger partial charge in [0.05, 0.1) is 12.0 Å². The second kappa shape index (κ2) is 7.75. The minimum absolute atomic E-state index is 0.0331. The number of likely N-dealkylation sites (tertiary alicyclic amines) is 2. The number of nitrogens with one attached hydrogen (secondary N) is 1. The van der Waals surface area contributed by atoms with Crippen molar-refractivity contribution in [3.63, 3.8) is 0 Å². The number of carbonyl (C=O) groups excluding carboxylic acids is 3. The lowest BCUT2D eigenvalue weighted by Gasteiger charge is -2.41. The molecule has 2 aliphatic heterocycles. The van der Waals surface area contributed by atoms with E-state index in [1.807, 2.05) is 0 Å². The number of rotatable bonds is 4. The lowest BCUT2D eigenvalue weighted by Crippen LogP contribution is -2.52. The highest BCUT2D eigenvalue weighted by Crippen LogP contribution is 2.40. The standard InChI is InChI=1S/C19H31N3O3/c1-15(23)20-12-17(24)22-11-9-19(14-22)8-5-10-21(18(19)25)13-16-6-3-2-4-7-16/h16H,2-14H2,1H3,(H,20,23). The van der Waals surface area contributed by atoms with Crippen molar-refractivity contribution in [3.05, 3.63) is 0 Å². The maximum Gasteiger partial charge on any atom is 0.241 e. The molecular weight excluding hydrogens is 318 g/mol. The molecule has 2 saturated heterocycles. The van der Waals surface area contributed by atoms with Crippen LogP contribution in [0.1, 0.15) is 58.3 Å². The molecule has 6 heteroatoms. The zero-order chi connectivity index (χ0) is 17.9. The van der Waals surface area contributed by atoms with E-state index in [1.165, 1.54) is 39.0 Å². The average Bonchev–Trinajstić information content (AvgIpc) is 3.03. The summed E-state index contributed by atoms with van der Waals surface area (Å²) in [7, 11) is 0. The van der Waals surface area contributed by atoms with Gasteiger partial charge in [-0.2, -0.15) is 0 Å². The first-order valence-electron chi connectivity index (χ1n) is 9.82. The molecule has 1 atom stereocenters. The van der Waals surface area contributed by atoms with E-state index < -0.39 is 0 Å². The smallest absolute Gasteiger partial charge is 0.241 e. The topological polar surface area (TPSA) is 69.7 Å². The van der Waals surface area contributed by atoms with E-state index in [4.69, 9.17) is 0 Å². The third-order valence-electron chi connectivity index (χ3n) is 6.22. The van der Waals surface area contributed by atoms with E-state index in [9.17, 15) is 14.4 Å². The Morgan fingerprint density at radius 2 is 1.88 bits per heavy atom. The maximum absolute atomic E-state index is 13.2. The fraction of sp³-hybridized carbons (Fsp3) is 0.842. The maximum atomic E-state index is 13.2. The van der Waals surface area contributed by atoms with E-state index in [1.54, 1.807) is 4.90 Å². The normalized spacial score (nSPS) is 27.8. The summed E-state index contributed by atoms with van der Waals surface area (Å²) >= 11 is 0. The number of piperidine rings is 1. The highest BCUT2D eigenvalue weighted by molar-refractivity contribution is 5.87. The molecule has 0 aromatic heterocycles. The number of nitrogens with zero attached hydrogens (tertiary/aromatic N) is 2. The molecule has 6 nitrogen and oxygen atoms in total. The first kappa shape index (κ1) is 18.2. The molecule has 1 N–H and O–H groups in total. The predicted molar refractivity (Wildman–Crippen MR) is 94.7 cm³/mol. The fourth-order valence-corrected chi connectivity index (χ4v) is 4.78. The van der Waals surface area contributed by atoms with Crippen LogP contribution in [0.3, 0.4) is 0 Å². The molecule has 1 saturated carbocycles. The van der Waals surface area contributed by atoms with Crippen LogP contribution in [0.4, 0.5) is 0 Å². The Morgan fingerprint density at radius 1 is 1.12 bits per heavy atom. The van der Waals surface area contributed by atoms with Crippen LogP contribution in [0.2, 0.25) is 0 Å². The van der Waals surface area contributed by atoms with E-state index in [-0.39, 0.29) is 29.7 Å².